The van der Waals surface area contributed by atoms with Gasteiger partial charge in [-0.2, -0.15) is 0 Å². The number of nitrogens with one attached hydrogen (secondary N) is 1. The number of methoxy groups -OCH3 is 1. The zero-order chi connectivity index (χ0) is 42.0. The number of nitrogens with zero attached hydrogens (tertiary/aromatic N) is 4. The molecular formula is C45H56ClN5O8S. The number of amides is 2. The number of carbonyl (C=O) groups is 3. The predicted molar refractivity (Wildman–Crippen MR) is 229 cm³/mol. The standard InChI is InChI=1S/C45H56ClN5O8S/c1-29-6-4-8-39(59-41(52)16-9-30-17-20-57-21-18-30)35-13-10-33(35)24-51-27-45(19-5-7-31-22-34(46)12-14-37(31)45)28-58-40-15-11-32(23-38(40)51)42(53)48-60(55,26-29)49-43(54)36-25-50(2)47-44(36)56-3/h4,8,11-12,14-15,22-23,25,29-30,33,35,39H,5-7,9-10,13,16-21,24,26-28H2,1-3H3,(H,48,49,53,54,55)/b8-4+/t29-,33-,35+,39-,45-,60?/m0/s1. The van der Waals surface area contributed by atoms with Gasteiger partial charge in [-0.25, -0.2) is 4.21 Å². The zero-order valence-corrected chi connectivity index (χ0v) is 36.3. The molecule has 1 unspecified atom stereocenters. The SMILES string of the molecule is COc1nn(C)cc1C(=O)NS1(=O)=NC(=O)c2ccc3c(c2)N(C[C@@H]2CC[C@H]2[C@@H](OC(=O)CCC2CCOCC2)/C=C/C[C@H](C)C1)C[C@@]1(CCCc2cc(Cl)ccc21)CO3. The Morgan fingerprint density at radius 3 is 2.73 bits per heavy atom. The monoisotopic (exact) mass is 861 g/mol. The molecule has 60 heavy (non-hydrogen) atoms. The maximum absolute atomic E-state index is 14.8. The van der Waals surface area contributed by atoms with Crippen LogP contribution in [0.2, 0.25) is 5.02 Å². The van der Waals surface area contributed by atoms with Crippen molar-refractivity contribution < 1.29 is 37.5 Å². The lowest BCUT2D eigenvalue weighted by atomic mass is 9.68. The molecule has 1 N–H and O–H groups in total. The molecule has 1 aromatic heterocycles. The summed E-state index contributed by atoms with van der Waals surface area (Å²) in [7, 11) is -0.648. The van der Waals surface area contributed by atoms with Crippen LogP contribution in [0.15, 0.2) is 59.1 Å². The number of carbonyl (C=O) groups excluding carboxylic acids is 3. The number of halogens is 1. The Labute approximate surface area is 357 Å². The number of hydrogen-bond acceptors (Lipinski definition) is 10. The summed E-state index contributed by atoms with van der Waals surface area (Å²) in [6.45, 7) is 5.10. The molecule has 13 nitrogen and oxygen atoms in total. The van der Waals surface area contributed by atoms with Crippen LogP contribution in [-0.2, 0) is 43.1 Å². The number of hydrogen-bond donors (Lipinski definition) is 1. The van der Waals surface area contributed by atoms with E-state index in [4.69, 9.17) is 30.5 Å². The number of allylic oxidation sites excluding steroid dienone is 1. The molecule has 1 saturated carbocycles. The lowest BCUT2D eigenvalue weighted by Gasteiger charge is -2.46. The van der Waals surface area contributed by atoms with E-state index >= 15 is 0 Å². The molecule has 2 bridgehead atoms. The van der Waals surface area contributed by atoms with Crippen molar-refractivity contribution in [3.05, 3.63) is 82.0 Å². The maximum atomic E-state index is 14.8. The average molecular weight is 862 g/mol. The van der Waals surface area contributed by atoms with Gasteiger partial charge in [-0.3, -0.25) is 23.8 Å². The van der Waals surface area contributed by atoms with E-state index in [2.05, 4.69) is 31.2 Å². The number of esters is 1. The summed E-state index contributed by atoms with van der Waals surface area (Å²) >= 11 is 6.51. The van der Waals surface area contributed by atoms with Gasteiger partial charge < -0.3 is 23.8 Å². The number of anilines is 1. The minimum absolute atomic E-state index is 0.0588. The van der Waals surface area contributed by atoms with Crippen LogP contribution in [0.5, 0.6) is 11.6 Å². The molecule has 15 heteroatoms. The summed E-state index contributed by atoms with van der Waals surface area (Å²) in [5.74, 6) is -0.582. The molecular weight excluding hydrogens is 806 g/mol. The van der Waals surface area contributed by atoms with Crippen LogP contribution >= 0.6 is 11.6 Å². The third-order valence-electron chi connectivity index (χ3n) is 13.1. The number of benzene rings is 2. The molecule has 3 aromatic rings. The quantitative estimate of drug-likeness (QED) is 0.190. The van der Waals surface area contributed by atoms with E-state index in [1.807, 2.05) is 25.1 Å². The first-order valence-corrected chi connectivity index (χ1v) is 23.4. The minimum atomic E-state index is -3.69. The summed E-state index contributed by atoms with van der Waals surface area (Å²) in [6, 6.07) is 11.4. The second kappa shape index (κ2) is 17.9. The Kier molecular flexibility index (Phi) is 12.6. The van der Waals surface area contributed by atoms with Crippen molar-refractivity contribution >= 4 is 45.0 Å². The summed E-state index contributed by atoms with van der Waals surface area (Å²) in [6.07, 6.45) is 13.2. The first kappa shape index (κ1) is 42.3. The number of rotatable bonds is 7. The second-order valence-corrected chi connectivity index (χ2v) is 19.9. The average Bonchev–Trinajstić information content (AvgIpc) is 3.53. The highest BCUT2D eigenvalue weighted by Gasteiger charge is 2.45. The third kappa shape index (κ3) is 9.25. The molecule has 5 aliphatic rings. The Morgan fingerprint density at radius 2 is 1.95 bits per heavy atom. The Balaban J connectivity index is 1.16. The van der Waals surface area contributed by atoms with E-state index < -0.39 is 27.8 Å². The first-order chi connectivity index (χ1) is 28.9. The smallest absolute Gasteiger partial charge is 0.306 e. The van der Waals surface area contributed by atoms with E-state index in [0.29, 0.717) is 49.2 Å². The highest BCUT2D eigenvalue weighted by molar-refractivity contribution is 7.92. The van der Waals surface area contributed by atoms with E-state index in [0.717, 1.165) is 70.3 Å². The molecule has 3 aliphatic heterocycles. The number of ether oxygens (including phenoxy) is 4. The van der Waals surface area contributed by atoms with E-state index in [9.17, 15) is 18.6 Å². The van der Waals surface area contributed by atoms with Crippen LogP contribution in [0, 0.1) is 23.7 Å². The minimum Gasteiger partial charge on any atom is -0.490 e. The van der Waals surface area contributed by atoms with Crippen LogP contribution in [0.3, 0.4) is 0 Å². The first-order valence-electron chi connectivity index (χ1n) is 21.3. The molecule has 2 aromatic carbocycles. The highest BCUT2D eigenvalue weighted by atomic mass is 35.5. The fourth-order valence-corrected chi connectivity index (χ4v) is 11.9. The van der Waals surface area contributed by atoms with Gasteiger partial charge in [0.1, 0.15) is 27.3 Å². The predicted octanol–water partition coefficient (Wildman–Crippen LogP) is 7.25. The molecule has 2 fully saturated rings. The molecule has 2 aliphatic carbocycles. The van der Waals surface area contributed by atoms with Crippen LogP contribution in [0.1, 0.15) is 96.6 Å². The van der Waals surface area contributed by atoms with Gasteiger partial charge in [-0.1, -0.05) is 30.7 Å². The Hall–Kier alpha value is -4.40. The fraction of sp³-hybridized carbons (Fsp3) is 0.556. The normalized spacial score (nSPS) is 28.8. The highest BCUT2D eigenvalue weighted by Crippen LogP contribution is 2.47. The number of fused-ring (bicyclic) bond motifs is 4. The summed E-state index contributed by atoms with van der Waals surface area (Å²) < 4.78 is 47.0. The molecule has 2 amide bonds. The van der Waals surface area contributed by atoms with Gasteiger partial charge in [-0.05, 0) is 123 Å². The van der Waals surface area contributed by atoms with Gasteiger partial charge in [0.2, 0.25) is 5.88 Å². The van der Waals surface area contributed by atoms with Crippen molar-refractivity contribution in [2.24, 2.45) is 35.1 Å². The van der Waals surface area contributed by atoms with Crippen molar-refractivity contribution in [3.8, 4) is 11.6 Å². The topological polar surface area (TPSA) is 151 Å². The van der Waals surface area contributed by atoms with Gasteiger partial charge >= 0.3 is 5.97 Å². The maximum Gasteiger partial charge on any atom is 0.306 e. The largest absolute Gasteiger partial charge is 0.490 e. The van der Waals surface area contributed by atoms with Gasteiger partial charge in [0.15, 0.2) is 0 Å². The van der Waals surface area contributed by atoms with Crippen LogP contribution in [-0.4, -0.2) is 83.6 Å². The lowest BCUT2D eigenvalue weighted by molar-refractivity contribution is -0.152. The molecule has 8 rings (SSSR count). The van der Waals surface area contributed by atoms with Crippen molar-refractivity contribution in [1.82, 2.24) is 14.5 Å². The van der Waals surface area contributed by atoms with E-state index in [1.54, 1.807) is 25.2 Å². The molecule has 322 valence electrons. The Morgan fingerprint density at radius 1 is 1.12 bits per heavy atom. The van der Waals surface area contributed by atoms with Gasteiger partial charge in [0, 0.05) is 67.9 Å². The van der Waals surface area contributed by atoms with Gasteiger partial charge in [0.05, 0.1) is 25.2 Å². The van der Waals surface area contributed by atoms with Gasteiger partial charge in [0.25, 0.3) is 11.8 Å². The lowest BCUT2D eigenvalue weighted by Crippen LogP contribution is -2.50. The van der Waals surface area contributed by atoms with Crippen molar-refractivity contribution in [2.75, 3.05) is 50.7 Å². The van der Waals surface area contributed by atoms with Crippen LogP contribution in [0.25, 0.3) is 0 Å². The molecule has 0 radical (unpaired) electrons. The van der Waals surface area contributed by atoms with Gasteiger partial charge in [-0.15, -0.1) is 9.46 Å². The molecule has 6 atom stereocenters. The second-order valence-electron chi connectivity index (χ2n) is 17.5. The van der Waals surface area contributed by atoms with E-state index in [1.165, 1.54) is 29.1 Å². The van der Waals surface area contributed by atoms with Crippen LogP contribution < -0.4 is 19.1 Å². The zero-order valence-electron chi connectivity index (χ0n) is 34.7. The van der Waals surface area contributed by atoms with Crippen molar-refractivity contribution in [1.29, 1.82) is 0 Å². The number of aryl methyl sites for hydroxylation is 2. The van der Waals surface area contributed by atoms with Crippen LogP contribution in [0.4, 0.5) is 5.69 Å². The summed E-state index contributed by atoms with van der Waals surface area (Å²) in [4.78, 5) is 43.8. The molecule has 4 heterocycles. The number of aromatic nitrogens is 2. The van der Waals surface area contributed by atoms with Crippen molar-refractivity contribution in [2.45, 2.75) is 82.7 Å². The summed E-state index contributed by atoms with van der Waals surface area (Å²) in [5.41, 5.74) is 3.15. The van der Waals surface area contributed by atoms with Crippen molar-refractivity contribution in [3.63, 3.8) is 0 Å². The molecule has 1 saturated heterocycles. The van der Waals surface area contributed by atoms with E-state index in [-0.39, 0.29) is 51.9 Å². The Bertz CT molecular complexity index is 2260. The fourth-order valence-electron chi connectivity index (χ4n) is 9.78. The third-order valence-corrected chi connectivity index (χ3v) is 15.3. The summed E-state index contributed by atoms with van der Waals surface area (Å²) in [5, 5.41) is 4.88. The molecule has 1 spiro atoms.